The van der Waals surface area contributed by atoms with Crippen molar-refractivity contribution in [2.24, 2.45) is 11.8 Å². The molecule has 0 radical (unpaired) electrons. The van der Waals surface area contributed by atoms with Gasteiger partial charge in [-0.2, -0.15) is 4.98 Å². The molecule has 4 heteroatoms. The van der Waals surface area contributed by atoms with Gasteiger partial charge in [0.15, 0.2) is 0 Å². The normalized spacial score (nSPS) is 20.3. The summed E-state index contributed by atoms with van der Waals surface area (Å²) in [4.78, 5) is 8.89. The Morgan fingerprint density at radius 1 is 1.17 bits per heavy atom. The average molecular weight is 325 g/mol. The van der Waals surface area contributed by atoms with E-state index in [1.54, 1.807) is 12.3 Å². The molecule has 1 aromatic carbocycles. The number of anilines is 1. The molecule has 1 aliphatic carbocycles. The van der Waals surface area contributed by atoms with Gasteiger partial charge in [-0.05, 0) is 43.2 Å². The Bertz CT molecular complexity index is 630. The van der Waals surface area contributed by atoms with Crippen LogP contribution in [0.3, 0.4) is 0 Å². The van der Waals surface area contributed by atoms with Crippen molar-refractivity contribution in [1.29, 1.82) is 0 Å². The molecule has 0 bridgehead atoms. The molecule has 2 unspecified atom stereocenters. The lowest BCUT2D eigenvalue weighted by Gasteiger charge is -2.21. The van der Waals surface area contributed by atoms with E-state index >= 15 is 0 Å². The first-order valence-corrected chi connectivity index (χ1v) is 9.03. The molecular formula is C20H27N3O. The fraction of sp³-hybridized carbons (Fsp3) is 0.500. The number of para-hydroxylation sites is 1. The Balaban J connectivity index is 1.61. The second-order valence-electron chi connectivity index (χ2n) is 7.05. The maximum absolute atomic E-state index is 5.80. The molecule has 1 saturated carbocycles. The fourth-order valence-corrected chi connectivity index (χ4v) is 3.36. The standard InChI is InChI=1S/C20H27N3O/c1-15(2)11-12-16-7-6-10-18(16)22-20-21-14-13-19(23-20)24-17-8-4-3-5-9-17/h3-5,8-9,13-16,18H,6-7,10-12H2,1-2H3,(H,21,22,23). The minimum atomic E-state index is 0.482. The van der Waals surface area contributed by atoms with E-state index in [4.69, 9.17) is 4.74 Å². The first-order chi connectivity index (χ1) is 11.7. The monoisotopic (exact) mass is 325 g/mol. The smallest absolute Gasteiger partial charge is 0.226 e. The van der Waals surface area contributed by atoms with Crippen molar-refractivity contribution in [3.8, 4) is 11.6 Å². The second-order valence-corrected chi connectivity index (χ2v) is 7.05. The van der Waals surface area contributed by atoms with Crippen molar-refractivity contribution in [2.45, 2.75) is 52.0 Å². The summed E-state index contributed by atoms with van der Waals surface area (Å²) in [7, 11) is 0. The van der Waals surface area contributed by atoms with E-state index in [0.717, 1.165) is 17.6 Å². The van der Waals surface area contributed by atoms with E-state index in [1.165, 1.54) is 32.1 Å². The van der Waals surface area contributed by atoms with E-state index in [9.17, 15) is 0 Å². The minimum Gasteiger partial charge on any atom is -0.439 e. The van der Waals surface area contributed by atoms with Crippen LogP contribution in [-0.4, -0.2) is 16.0 Å². The van der Waals surface area contributed by atoms with Crippen LogP contribution in [-0.2, 0) is 0 Å². The molecule has 128 valence electrons. The van der Waals surface area contributed by atoms with Gasteiger partial charge in [0.2, 0.25) is 11.8 Å². The second kappa shape index (κ2) is 8.13. The van der Waals surface area contributed by atoms with Crippen LogP contribution in [0.25, 0.3) is 0 Å². The van der Waals surface area contributed by atoms with Gasteiger partial charge in [0.25, 0.3) is 0 Å². The van der Waals surface area contributed by atoms with Crippen LogP contribution in [0.5, 0.6) is 11.6 Å². The van der Waals surface area contributed by atoms with Crippen LogP contribution in [0.2, 0.25) is 0 Å². The number of nitrogens with zero attached hydrogens (tertiary/aromatic N) is 2. The first kappa shape index (κ1) is 16.7. The number of hydrogen-bond donors (Lipinski definition) is 1. The van der Waals surface area contributed by atoms with Crippen LogP contribution < -0.4 is 10.1 Å². The molecule has 0 spiro atoms. The van der Waals surface area contributed by atoms with Crippen LogP contribution in [0.15, 0.2) is 42.6 Å². The molecule has 0 saturated heterocycles. The summed E-state index contributed by atoms with van der Waals surface area (Å²) in [6.07, 6.45) is 8.14. The molecule has 1 fully saturated rings. The van der Waals surface area contributed by atoms with Gasteiger partial charge in [-0.25, -0.2) is 4.98 Å². The lowest BCUT2D eigenvalue weighted by atomic mass is 9.94. The highest BCUT2D eigenvalue weighted by molar-refractivity contribution is 5.32. The summed E-state index contributed by atoms with van der Waals surface area (Å²) < 4.78 is 5.80. The maximum Gasteiger partial charge on any atom is 0.226 e. The Morgan fingerprint density at radius 3 is 2.79 bits per heavy atom. The molecular weight excluding hydrogens is 298 g/mol. The summed E-state index contributed by atoms with van der Waals surface area (Å²) in [5.41, 5.74) is 0. The molecule has 1 N–H and O–H groups in total. The Morgan fingerprint density at radius 2 is 2.00 bits per heavy atom. The van der Waals surface area contributed by atoms with Crippen LogP contribution in [0.1, 0.15) is 46.0 Å². The van der Waals surface area contributed by atoms with Gasteiger partial charge in [-0.15, -0.1) is 0 Å². The third-order valence-corrected chi connectivity index (χ3v) is 4.68. The lowest BCUT2D eigenvalue weighted by Crippen LogP contribution is -2.25. The largest absolute Gasteiger partial charge is 0.439 e. The van der Waals surface area contributed by atoms with Gasteiger partial charge in [-0.1, -0.05) is 44.9 Å². The van der Waals surface area contributed by atoms with Gasteiger partial charge >= 0.3 is 0 Å². The van der Waals surface area contributed by atoms with Gasteiger partial charge < -0.3 is 10.1 Å². The number of ether oxygens (including phenoxy) is 1. The van der Waals surface area contributed by atoms with Crippen LogP contribution in [0.4, 0.5) is 5.95 Å². The number of benzene rings is 1. The van der Waals surface area contributed by atoms with Crippen molar-refractivity contribution >= 4 is 5.95 Å². The number of nitrogens with one attached hydrogen (secondary N) is 1. The van der Waals surface area contributed by atoms with E-state index in [0.29, 0.717) is 17.9 Å². The molecule has 2 atom stereocenters. The molecule has 4 nitrogen and oxygen atoms in total. The SMILES string of the molecule is CC(C)CCC1CCCC1Nc1nccc(Oc2ccccc2)n1. The maximum atomic E-state index is 5.80. The zero-order chi connectivity index (χ0) is 16.8. The third-order valence-electron chi connectivity index (χ3n) is 4.68. The first-order valence-electron chi connectivity index (χ1n) is 9.03. The Kier molecular flexibility index (Phi) is 5.68. The van der Waals surface area contributed by atoms with Crippen molar-refractivity contribution < 1.29 is 4.74 Å². The molecule has 1 aliphatic rings. The van der Waals surface area contributed by atoms with Crippen molar-refractivity contribution in [3.63, 3.8) is 0 Å². The van der Waals surface area contributed by atoms with Crippen molar-refractivity contribution in [3.05, 3.63) is 42.6 Å². The highest BCUT2D eigenvalue weighted by atomic mass is 16.5. The summed E-state index contributed by atoms with van der Waals surface area (Å²) in [5, 5.41) is 3.54. The third kappa shape index (κ3) is 4.70. The Hall–Kier alpha value is -2.10. The van der Waals surface area contributed by atoms with E-state index < -0.39 is 0 Å². The molecule has 24 heavy (non-hydrogen) atoms. The van der Waals surface area contributed by atoms with Gasteiger partial charge in [0.1, 0.15) is 5.75 Å². The minimum absolute atomic E-state index is 0.482. The highest BCUT2D eigenvalue weighted by Crippen LogP contribution is 2.32. The van der Waals surface area contributed by atoms with Gasteiger partial charge in [0.05, 0.1) is 0 Å². The topological polar surface area (TPSA) is 47.0 Å². The number of rotatable bonds is 7. The molecule has 0 amide bonds. The molecule has 0 aliphatic heterocycles. The molecule has 3 rings (SSSR count). The summed E-state index contributed by atoms with van der Waals surface area (Å²) in [6.45, 7) is 4.59. The van der Waals surface area contributed by atoms with E-state index in [-0.39, 0.29) is 0 Å². The highest BCUT2D eigenvalue weighted by Gasteiger charge is 2.27. The van der Waals surface area contributed by atoms with Crippen molar-refractivity contribution in [1.82, 2.24) is 9.97 Å². The van der Waals surface area contributed by atoms with Crippen molar-refractivity contribution in [2.75, 3.05) is 5.32 Å². The van der Waals surface area contributed by atoms with Gasteiger partial charge in [-0.3, -0.25) is 0 Å². The predicted octanol–water partition coefficient (Wildman–Crippen LogP) is 5.29. The lowest BCUT2D eigenvalue weighted by molar-refractivity contribution is 0.409. The number of hydrogen-bond acceptors (Lipinski definition) is 4. The summed E-state index contributed by atoms with van der Waals surface area (Å²) in [6, 6.07) is 12.0. The summed E-state index contributed by atoms with van der Waals surface area (Å²) >= 11 is 0. The Labute approximate surface area is 144 Å². The van der Waals surface area contributed by atoms with Crippen LogP contribution in [0, 0.1) is 11.8 Å². The fourth-order valence-electron chi connectivity index (χ4n) is 3.36. The predicted molar refractivity (Wildman–Crippen MR) is 97.4 cm³/mol. The van der Waals surface area contributed by atoms with Gasteiger partial charge in [0, 0.05) is 18.3 Å². The van der Waals surface area contributed by atoms with Crippen LogP contribution >= 0.6 is 0 Å². The quantitative estimate of drug-likeness (QED) is 0.752. The zero-order valence-corrected chi connectivity index (χ0v) is 14.6. The van der Waals surface area contributed by atoms with E-state index in [2.05, 4.69) is 29.1 Å². The molecule has 2 aromatic rings. The summed E-state index contributed by atoms with van der Waals surface area (Å²) in [5.74, 6) is 3.54. The number of aromatic nitrogens is 2. The zero-order valence-electron chi connectivity index (χ0n) is 14.6. The molecule has 1 heterocycles. The average Bonchev–Trinajstić information content (AvgIpc) is 3.01. The van der Waals surface area contributed by atoms with E-state index in [1.807, 2.05) is 30.3 Å². The molecule has 1 aromatic heterocycles.